The highest BCUT2D eigenvalue weighted by atomic mass is 32.2. The van der Waals surface area contributed by atoms with Gasteiger partial charge in [0.2, 0.25) is 0 Å². The molecular weight excluding hydrogens is 200 g/mol. The van der Waals surface area contributed by atoms with E-state index in [2.05, 4.69) is 4.90 Å². The zero-order chi connectivity index (χ0) is 10.2. The average Bonchev–Trinajstić information content (AvgIpc) is 1.97. The largest absolute Gasteiger partial charge is 0.330 e. The lowest BCUT2D eigenvalue weighted by Crippen LogP contribution is -2.53. The number of nitrogens with two attached hydrogens (primary N) is 1. The third-order valence-electron chi connectivity index (χ3n) is 3.10. The van der Waals surface area contributed by atoms with Gasteiger partial charge < -0.3 is 10.6 Å². The number of hydrogen-bond donors (Lipinski definition) is 1. The van der Waals surface area contributed by atoms with Gasteiger partial charge in [-0.25, -0.2) is 8.42 Å². The van der Waals surface area contributed by atoms with Crippen molar-refractivity contribution in [3.8, 4) is 0 Å². The Bertz CT molecular complexity index is 284. The van der Waals surface area contributed by atoms with Crippen LogP contribution < -0.4 is 5.73 Å². The summed E-state index contributed by atoms with van der Waals surface area (Å²) in [7, 11) is -2.63. The van der Waals surface area contributed by atoms with E-state index >= 15 is 0 Å². The molecular formula is C9H18N2O2S. The summed E-state index contributed by atoms with van der Waals surface area (Å²) in [4.78, 5) is 2.35. The molecule has 2 heterocycles. The maximum Gasteiger partial charge on any atom is 0.151 e. The van der Waals surface area contributed by atoms with Gasteiger partial charge in [0.05, 0.1) is 11.5 Å². The van der Waals surface area contributed by atoms with Crippen LogP contribution in [0, 0.1) is 11.8 Å². The number of nitrogens with zero attached hydrogens (tertiary/aromatic N) is 1. The van der Waals surface area contributed by atoms with Gasteiger partial charge in [0.25, 0.3) is 0 Å². The summed E-state index contributed by atoms with van der Waals surface area (Å²) in [6.07, 6.45) is 1.11. The highest BCUT2D eigenvalue weighted by Gasteiger charge is 2.37. The van der Waals surface area contributed by atoms with E-state index in [1.807, 2.05) is 0 Å². The van der Waals surface area contributed by atoms with Crippen molar-refractivity contribution < 1.29 is 8.42 Å². The second-order valence-electron chi connectivity index (χ2n) is 4.60. The quantitative estimate of drug-likeness (QED) is 0.678. The predicted octanol–water partition coefficient (Wildman–Crippen LogP) is -0.688. The van der Waals surface area contributed by atoms with E-state index in [1.54, 1.807) is 0 Å². The molecule has 0 aliphatic carbocycles. The summed E-state index contributed by atoms with van der Waals surface area (Å²) < 4.78 is 21.8. The minimum atomic E-state index is -2.63. The fraction of sp³-hybridized carbons (Fsp3) is 1.00. The molecule has 0 radical (unpaired) electrons. The number of rotatable bonds is 4. The van der Waals surface area contributed by atoms with Crippen LogP contribution in [0.3, 0.4) is 0 Å². The summed E-state index contributed by atoms with van der Waals surface area (Å²) in [5.74, 6) is 1.98. The van der Waals surface area contributed by atoms with Gasteiger partial charge in [-0.2, -0.15) is 0 Å². The molecule has 0 aromatic rings. The monoisotopic (exact) mass is 218 g/mol. The molecule has 2 N–H and O–H groups in total. The van der Waals surface area contributed by atoms with Gasteiger partial charge in [0, 0.05) is 19.6 Å². The molecule has 2 rings (SSSR count). The van der Waals surface area contributed by atoms with Gasteiger partial charge in [-0.05, 0) is 24.8 Å². The lowest BCUT2D eigenvalue weighted by molar-refractivity contribution is 0.0819. The SMILES string of the molecule is NCCC1CN(CC2CS(=O)(=O)C2)C1. The van der Waals surface area contributed by atoms with Crippen molar-refractivity contribution in [3.05, 3.63) is 0 Å². The van der Waals surface area contributed by atoms with Crippen LogP contribution in [0.25, 0.3) is 0 Å². The van der Waals surface area contributed by atoms with Crippen LogP contribution in [0.1, 0.15) is 6.42 Å². The summed E-state index contributed by atoms with van der Waals surface area (Å²) >= 11 is 0. The molecule has 0 atom stereocenters. The second kappa shape index (κ2) is 3.79. The van der Waals surface area contributed by atoms with Gasteiger partial charge in [-0.3, -0.25) is 0 Å². The van der Waals surface area contributed by atoms with Crippen molar-refractivity contribution in [1.82, 2.24) is 4.90 Å². The predicted molar refractivity (Wildman–Crippen MR) is 55.7 cm³/mol. The minimum Gasteiger partial charge on any atom is -0.330 e. The molecule has 0 aromatic carbocycles. The fourth-order valence-electron chi connectivity index (χ4n) is 2.38. The first-order valence-corrected chi connectivity index (χ1v) is 7.04. The van der Waals surface area contributed by atoms with E-state index in [-0.39, 0.29) is 0 Å². The zero-order valence-electron chi connectivity index (χ0n) is 8.35. The van der Waals surface area contributed by atoms with Gasteiger partial charge in [-0.15, -0.1) is 0 Å². The van der Waals surface area contributed by atoms with Gasteiger partial charge in [-0.1, -0.05) is 0 Å². The first kappa shape index (κ1) is 10.4. The Morgan fingerprint density at radius 1 is 1.21 bits per heavy atom. The second-order valence-corrected chi connectivity index (χ2v) is 6.76. The van der Waals surface area contributed by atoms with Crippen molar-refractivity contribution in [1.29, 1.82) is 0 Å². The molecule has 2 aliphatic rings. The standard InChI is InChI=1S/C9H18N2O2S/c10-2-1-8-3-11(4-8)5-9-6-14(12,13)7-9/h8-9H,1-7,10H2. The third kappa shape index (κ3) is 2.27. The molecule has 82 valence electrons. The Balaban J connectivity index is 1.61. The van der Waals surface area contributed by atoms with Crippen molar-refractivity contribution in [2.24, 2.45) is 17.6 Å². The van der Waals surface area contributed by atoms with Crippen LogP contribution in [0.5, 0.6) is 0 Å². The summed E-state index contributed by atoms with van der Waals surface area (Å²) in [6, 6.07) is 0. The molecule has 2 saturated heterocycles. The summed E-state index contributed by atoms with van der Waals surface area (Å²) in [6.45, 7) is 3.98. The normalized spacial score (nSPS) is 28.4. The van der Waals surface area contributed by atoms with Gasteiger partial charge in [0.1, 0.15) is 0 Å². The Hall–Kier alpha value is -0.130. The van der Waals surface area contributed by atoms with E-state index < -0.39 is 9.84 Å². The lowest BCUT2D eigenvalue weighted by Gasteiger charge is -2.42. The van der Waals surface area contributed by atoms with Crippen LogP contribution in [-0.4, -0.2) is 51.0 Å². The van der Waals surface area contributed by atoms with Crippen LogP contribution in [-0.2, 0) is 9.84 Å². The summed E-state index contributed by atoms with van der Waals surface area (Å²) in [5, 5.41) is 0. The van der Waals surface area contributed by atoms with Gasteiger partial charge in [0.15, 0.2) is 9.84 Å². The molecule has 0 spiro atoms. The Labute approximate surface area is 85.4 Å². The molecule has 2 fully saturated rings. The van der Waals surface area contributed by atoms with E-state index in [9.17, 15) is 8.42 Å². The van der Waals surface area contributed by atoms with Crippen molar-refractivity contribution >= 4 is 9.84 Å². The molecule has 0 amide bonds. The molecule has 0 unspecified atom stereocenters. The topological polar surface area (TPSA) is 63.4 Å². The van der Waals surface area contributed by atoms with E-state index in [4.69, 9.17) is 5.73 Å². The van der Waals surface area contributed by atoms with Crippen LogP contribution >= 0.6 is 0 Å². The van der Waals surface area contributed by atoms with Gasteiger partial charge >= 0.3 is 0 Å². The number of sulfone groups is 1. The number of likely N-dealkylation sites (tertiary alicyclic amines) is 1. The molecule has 0 aromatic heterocycles. The number of hydrogen-bond acceptors (Lipinski definition) is 4. The van der Waals surface area contributed by atoms with Crippen molar-refractivity contribution in [2.75, 3.05) is 37.7 Å². The smallest absolute Gasteiger partial charge is 0.151 e. The molecule has 4 nitrogen and oxygen atoms in total. The molecule has 5 heteroatoms. The van der Waals surface area contributed by atoms with Crippen LogP contribution in [0.2, 0.25) is 0 Å². The summed E-state index contributed by atoms with van der Waals surface area (Å²) in [5.41, 5.74) is 5.46. The Kier molecular flexibility index (Phi) is 2.81. The highest BCUT2D eigenvalue weighted by Crippen LogP contribution is 2.24. The van der Waals surface area contributed by atoms with Crippen molar-refractivity contribution in [2.45, 2.75) is 6.42 Å². The minimum absolute atomic E-state index is 0.402. The fourth-order valence-corrected chi connectivity index (χ4v) is 3.93. The molecule has 2 aliphatic heterocycles. The first-order chi connectivity index (χ1) is 6.59. The molecule has 0 bridgehead atoms. The van der Waals surface area contributed by atoms with Crippen molar-refractivity contribution in [3.63, 3.8) is 0 Å². The van der Waals surface area contributed by atoms with E-state index in [1.165, 1.54) is 0 Å². The van der Waals surface area contributed by atoms with Crippen LogP contribution in [0.4, 0.5) is 0 Å². The van der Waals surface area contributed by atoms with E-state index in [0.29, 0.717) is 17.4 Å². The Morgan fingerprint density at radius 3 is 2.36 bits per heavy atom. The van der Waals surface area contributed by atoms with E-state index in [0.717, 1.165) is 38.5 Å². The Morgan fingerprint density at radius 2 is 1.86 bits per heavy atom. The highest BCUT2D eigenvalue weighted by molar-refractivity contribution is 7.92. The third-order valence-corrected chi connectivity index (χ3v) is 5.06. The molecule has 0 saturated carbocycles. The molecule has 14 heavy (non-hydrogen) atoms. The maximum atomic E-state index is 10.9. The zero-order valence-corrected chi connectivity index (χ0v) is 9.17. The lowest BCUT2D eigenvalue weighted by atomic mass is 9.95. The average molecular weight is 218 g/mol. The first-order valence-electron chi connectivity index (χ1n) is 5.22. The maximum absolute atomic E-state index is 10.9. The van der Waals surface area contributed by atoms with Crippen LogP contribution in [0.15, 0.2) is 0 Å².